The molecule has 0 saturated heterocycles. The quantitative estimate of drug-likeness (QED) is 0.290. The second-order valence-corrected chi connectivity index (χ2v) is 3.64. The normalized spacial score (nSPS) is 10.2. The van der Waals surface area contributed by atoms with Crippen LogP contribution in [0, 0.1) is 0 Å². The Hall–Kier alpha value is -0.670. The van der Waals surface area contributed by atoms with Gasteiger partial charge in [0.05, 0.1) is 15.9 Å². The van der Waals surface area contributed by atoms with Crippen molar-refractivity contribution in [3.8, 4) is 0 Å². The highest BCUT2D eigenvalue weighted by atomic mass is 79.9. The predicted octanol–water partition coefficient (Wildman–Crippen LogP) is 1.35. The van der Waals surface area contributed by atoms with E-state index in [1.54, 1.807) is 20.8 Å². The van der Waals surface area contributed by atoms with E-state index < -0.39 is 11.6 Å². The van der Waals surface area contributed by atoms with Crippen LogP contribution in [0.15, 0.2) is 0 Å². The summed E-state index contributed by atoms with van der Waals surface area (Å²) in [6, 6.07) is 0. The topological polar surface area (TPSA) is 62.7 Å². The molecule has 0 aromatic rings. The molecule has 5 heteroatoms. The third-order valence-corrected chi connectivity index (χ3v) is 1.14. The minimum atomic E-state index is -0.681. The van der Waals surface area contributed by atoms with E-state index in [-0.39, 0.29) is 4.62 Å². The molecule has 0 unspecified atom stereocenters. The van der Waals surface area contributed by atoms with Gasteiger partial charge in [-0.1, -0.05) is 0 Å². The fraction of sp³-hybridized carbons (Fsp3) is 0.667. The van der Waals surface area contributed by atoms with Gasteiger partial charge in [-0.15, -0.1) is 0 Å². The van der Waals surface area contributed by atoms with Gasteiger partial charge in [0.25, 0.3) is 0 Å². The molecule has 0 rings (SSSR count). The van der Waals surface area contributed by atoms with Crippen molar-refractivity contribution in [3.05, 3.63) is 5.53 Å². The summed E-state index contributed by atoms with van der Waals surface area (Å²) in [4.78, 5) is 13.5. The molecule has 0 aromatic carbocycles. The van der Waals surface area contributed by atoms with Gasteiger partial charge in [0.2, 0.25) is 0 Å². The van der Waals surface area contributed by atoms with Crippen molar-refractivity contribution < 1.29 is 14.3 Å². The largest absolute Gasteiger partial charge is 0.451 e. The van der Waals surface area contributed by atoms with Crippen LogP contribution < -0.4 is 0 Å². The molecule has 0 fully saturated rings. The molecule has 0 aliphatic carbocycles. The number of carbonyl (C=O) groups excluding carboxylic acids is 1. The van der Waals surface area contributed by atoms with E-state index >= 15 is 0 Å². The van der Waals surface area contributed by atoms with Gasteiger partial charge in [-0.2, -0.15) is 4.79 Å². The fourth-order valence-corrected chi connectivity index (χ4v) is 0.442. The summed E-state index contributed by atoms with van der Waals surface area (Å²) in [6.45, 7) is 5.17. The van der Waals surface area contributed by atoms with Crippen LogP contribution in [0.3, 0.4) is 0 Å². The minimum Gasteiger partial charge on any atom is -0.451 e. The molecule has 0 heterocycles. The monoisotopic (exact) mass is 220 g/mol. The van der Waals surface area contributed by atoms with Crippen LogP contribution in [0.5, 0.6) is 0 Å². The van der Waals surface area contributed by atoms with Gasteiger partial charge in [0.1, 0.15) is 5.60 Å². The van der Waals surface area contributed by atoms with Crippen LogP contribution in [0.2, 0.25) is 0 Å². The molecule has 0 aliphatic heterocycles. The molecule has 11 heavy (non-hydrogen) atoms. The van der Waals surface area contributed by atoms with Crippen LogP contribution in [0.4, 0.5) is 0 Å². The van der Waals surface area contributed by atoms with Crippen LogP contribution in [-0.2, 0) is 9.53 Å². The maximum Gasteiger partial charge on any atom is 0.440 e. The van der Waals surface area contributed by atoms with Gasteiger partial charge in [0.15, 0.2) is 0 Å². The molecule has 0 N–H and O–H groups in total. The van der Waals surface area contributed by atoms with E-state index in [0.717, 1.165) is 0 Å². The first-order valence-corrected chi connectivity index (χ1v) is 3.77. The molecule has 0 amide bonds. The summed E-state index contributed by atoms with van der Waals surface area (Å²) < 4.78 is 4.58. The van der Waals surface area contributed by atoms with E-state index in [1.807, 2.05) is 0 Å². The summed E-state index contributed by atoms with van der Waals surface area (Å²) in [5.74, 6) is -0.681. The number of carbonyl (C=O) groups is 1. The van der Waals surface area contributed by atoms with Gasteiger partial charge in [-0.05, 0) is 20.8 Å². The summed E-state index contributed by atoms with van der Waals surface area (Å²) in [5.41, 5.74) is 7.57. The lowest BCUT2D eigenvalue weighted by atomic mass is 10.2. The number of hydrogen-bond acceptors (Lipinski definition) is 2. The zero-order valence-corrected chi connectivity index (χ0v) is 8.17. The van der Waals surface area contributed by atoms with Crippen LogP contribution >= 0.6 is 15.9 Å². The summed E-state index contributed by atoms with van der Waals surface area (Å²) >= 11 is 2.72. The summed E-state index contributed by atoms with van der Waals surface area (Å²) in [6.07, 6.45) is 0. The van der Waals surface area contributed by atoms with E-state index in [9.17, 15) is 4.79 Å². The molecule has 4 nitrogen and oxygen atoms in total. The Morgan fingerprint density at radius 3 is 2.27 bits per heavy atom. The highest BCUT2D eigenvalue weighted by Crippen LogP contribution is 2.07. The minimum absolute atomic E-state index is 0.229. The van der Waals surface area contributed by atoms with Crippen molar-refractivity contribution in [2.24, 2.45) is 0 Å². The Kier molecular flexibility index (Phi) is 3.42. The Labute approximate surface area is 73.3 Å². The molecule has 0 spiro atoms. The Balaban J connectivity index is 4.21. The van der Waals surface area contributed by atoms with E-state index in [1.165, 1.54) is 0 Å². The zero-order chi connectivity index (χ0) is 9.07. The van der Waals surface area contributed by atoms with Crippen molar-refractivity contribution in [1.82, 2.24) is 0 Å². The average molecular weight is 221 g/mol. The standard InChI is InChI=1S/C6H9BrN2O2/c1-6(2,3)11-5(10)4(7)9-8/h1-3H3. The van der Waals surface area contributed by atoms with Gasteiger partial charge < -0.3 is 10.3 Å². The summed E-state index contributed by atoms with van der Waals surface area (Å²) in [7, 11) is 0. The molecule has 62 valence electrons. The number of ether oxygens (including phenoxy) is 1. The van der Waals surface area contributed by atoms with E-state index in [0.29, 0.717) is 0 Å². The predicted molar refractivity (Wildman–Crippen MR) is 43.4 cm³/mol. The number of rotatable bonds is 1. The SMILES string of the molecule is CC(C)(C)OC(=O)C(Br)=[N+]=[N-]. The molecular weight excluding hydrogens is 212 g/mol. The number of halogens is 1. The van der Waals surface area contributed by atoms with E-state index in [2.05, 4.69) is 20.7 Å². The Bertz CT molecular complexity index is 213. The molecule has 0 atom stereocenters. The molecule has 0 radical (unpaired) electrons. The Morgan fingerprint density at radius 1 is 1.55 bits per heavy atom. The van der Waals surface area contributed by atoms with Crippen molar-refractivity contribution in [2.45, 2.75) is 26.4 Å². The van der Waals surface area contributed by atoms with Crippen molar-refractivity contribution >= 4 is 26.5 Å². The third kappa shape index (κ3) is 4.70. The van der Waals surface area contributed by atoms with Crippen LogP contribution in [-0.4, -0.2) is 21.0 Å². The molecule has 0 saturated carbocycles. The lowest BCUT2D eigenvalue weighted by molar-refractivity contribution is -0.149. The zero-order valence-electron chi connectivity index (χ0n) is 6.59. The van der Waals surface area contributed by atoms with Crippen LogP contribution in [0.25, 0.3) is 5.53 Å². The highest BCUT2D eigenvalue weighted by Gasteiger charge is 2.24. The molecule has 0 aromatic heterocycles. The van der Waals surface area contributed by atoms with Crippen molar-refractivity contribution in [3.63, 3.8) is 0 Å². The van der Waals surface area contributed by atoms with Gasteiger partial charge >= 0.3 is 10.6 Å². The maximum absolute atomic E-state index is 10.8. The maximum atomic E-state index is 10.8. The molecule has 0 bridgehead atoms. The first kappa shape index (κ1) is 10.3. The van der Waals surface area contributed by atoms with Crippen molar-refractivity contribution in [2.75, 3.05) is 0 Å². The second-order valence-electron chi connectivity index (χ2n) is 2.89. The van der Waals surface area contributed by atoms with Gasteiger partial charge in [-0.25, -0.2) is 4.79 Å². The van der Waals surface area contributed by atoms with E-state index in [4.69, 9.17) is 10.3 Å². The van der Waals surface area contributed by atoms with Crippen LogP contribution in [0.1, 0.15) is 20.8 Å². The number of hydrogen-bond donors (Lipinski definition) is 0. The Morgan fingerprint density at radius 2 is 2.00 bits per heavy atom. The highest BCUT2D eigenvalue weighted by molar-refractivity contribution is 9.19. The lowest BCUT2D eigenvalue weighted by Gasteiger charge is -2.16. The first-order chi connectivity index (χ1) is 4.87. The first-order valence-electron chi connectivity index (χ1n) is 2.97. The van der Waals surface area contributed by atoms with Gasteiger partial charge in [0, 0.05) is 0 Å². The van der Waals surface area contributed by atoms with Gasteiger partial charge in [-0.3, -0.25) is 0 Å². The van der Waals surface area contributed by atoms with Crippen molar-refractivity contribution in [1.29, 1.82) is 0 Å². The third-order valence-electron chi connectivity index (χ3n) is 0.655. The number of nitrogens with zero attached hydrogens (tertiary/aromatic N) is 2. The molecule has 0 aliphatic rings. The molecular formula is C6H9BrN2O2. The lowest BCUT2D eigenvalue weighted by Crippen LogP contribution is -2.27. The smallest absolute Gasteiger partial charge is 0.440 e. The fourth-order valence-electron chi connectivity index (χ4n) is 0.361. The average Bonchev–Trinajstić information content (AvgIpc) is 1.82. The second kappa shape index (κ2) is 3.64. The number of esters is 1. The summed E-state index contributed by atoms with van der Waals surface area (Å²) in [5, 5.41) is 0.